The second-order valence-electron chi connectivity index (χ2n) is 13.0. The van der Waals surface area contributed by atoms with E-state index in [9.17, 15) is 5.11 Å². The summed E-state index contributed by atoms with van der Waals surface area (Å²) < 4.78 is 6.47. The molecular weight excluding hydrogens is 639 g/mol. The number of nitrogens with zero attached hydrogens (tertiary/aromatic N) is 3. The zero-order chi connectivity index (χ0) is 34.6. The fourth-order valence-corrected chi connectivity index (χ4v) is 7.32. The Balaban J connectivity index is 1.21. The van der Waals surface area contributed by atoms with Gasteiger partial charge in [-0.2, -0.15) is 0 Å². The van der Waals surface area contributed by atoms with Gasteiger partial charge in [-0.05, 0) is 56.9 Å². The summed E-state index contributed by atoms with van der Waals surface area (Å²) in [5.41, 5.74) is 7.40. The average molecular weight is 668 g/mol. The van der Waals surface area contributed by atoms with Crippen LogP contribution in [0.5, 0.6) is 5.75 Å². The highest BCUT2D eigenvalue weighted by molar-refractivity contribution is 6.11. The highest BCUT2D eigenvalue weighted by Gasteiger charge is 2.22. The number of aromatic hydroxyl groups is 1. The van der Waals surface area contributed by atoms with Crippen LogP contribution in [0.4, 0.5) is 0 Å². The molecule has 8 aromatic carbocycles. The van der Waals surface area contributed by atoms with Gasteiger partial charge in [0.05, 0.1) is 0 Å². The number of rotatable bonds is 5. The smallest absolute Gasteiger partial charge is 0.164 e. The van der Waals surface area contributed by atoms with Crippen molar-refractivity contribution in [2.75, 3.05) is 0 Å². The average Bonchev–Trinajstić information content (AvgIpc) is 3.59. The first-order valence-electron chi connectivity index (χ1n) is 17.2. The Bertz CT molecular complexity index is 2900. The van der Waals surface area contributed by atoms with Crippen LogP contribution in [0.25, 0.3) is 99.9 Å². The molecule has 2 aromatic heterocycles. The maximum absolute atomic E-state index is 11.7. The summed E-state index contributed by atoms with van der Waals surface area (Å²) in [5.74, 6) is 1.69. The second-order valence-corrected chi connectivity index (χ2v) is 13.0. The summed E-state index contributed by atoms with van der Waals surface area (Å²) in [6, 6.07) is 57.0. The topological polar surface area (TPSA) is 72.0 Å². The van der Waals surface area contributed by atoms with E-state index in [1.54, 1.807) is 6.07 Å². The molecule has 0 aliphatic heterocycles. The van der Waals surface area contributed by atoms with E-state index in [4.69, 9.17) is 19.4 Å². The molecule has 52 heavy (non-hydrogen) atoms. The molecule has 0 amide bonds. The number of aromatic nitrogens is 3. The third-order valence-corrected chi connectivity index (χ3v) is 9.82. The fourth-order valence-electron chi connectivity index (χ4n) is 7.32. The quantitative estimate of drug-likeness (QED) is 0.198. The molecule has 0 saturated carbocycles. The molecule has 5 nitrogen and oxygen atoms in total. The fraction of sp³-hybridized carbons (Fsp3) is 0. The summed E-state index contributed by atoms with van der Waals surface area (Å²) >= 11 is 0. The Morgan fingerprint density at radius 2 is 0.904 bits per heavy atom. The van der Waals surface area contributed by atoms with Crippen molar-refractivity contribution >= 4 is 43.5 Å². The van der Waals surface area contributed by atoms with E-state index in [2.05, 4.69) is 91.0 Å². The predicted molar refractivity (Wildman–Crippen MR) is 211 cm³/mol. The van der Waals surface area contributed by atoms with Crippen molar-refractivity contribution in [2.24, 2.45) is 0 Å². The van der Waals surface area contributed by atoms with Gasteiger partial charge in [0.2, 0.25) is 0 Å². The molecule has 0 fully saturated rings. The van der Waals surface area contributed by atoms with Crippen LogP contribution in [0.1, 0.15) is 0 Å². The van der Waals surface area contributed by atoms with Crippen molar-refractivity contribution in [1.29, 1.82) is 0 Å². The van der Waals surface area contributed by atoms with Crippen molar-refractivity contribution < 1.29 is 9.52 Å². The number of fused-ring (bicyclic) bond motifs is 5. The van der Waals surface area contributed by atoms with Gasteiger partial charge in [-0.1, -0.05) is 146 Å². The van der Waals surface area contributed by atoms with Gasteiger partial charge < -0.3 is 9.52 Å². The first-order valence-corrected chi connectivity index (χ1v) is 17.2. The van der Waals surface area contributed by atoms with E-state index in [-0.39, 0.29) is 5.75 Å². The summed E-state index contributed by atoms with van der Waals surface area (Å²) in [4.78, 5) is 15.3. The predicted octanol–water partition coefficient (Wildman–Crippen LogP) is 12.1. The van der Waals surface area contributed by atoms with Gasteiger partial charge >= 0.3 is 0 Å². The standard InChI is InChI=1S/C47H29N3O2/c51-41-21-10-20-40(43(41)37-17-6-5-15-35(37)38-18-9-19-39-36-16-7-8-22-42(36)52-44(38)39)47-49-45(33-25-23-29-11-1-3-13-31(29)27-33)48-46(50-47)34-26-24-30-12-2-4-14-32(30)28-34/h1-28,51H. The monoisotopic (exact) mass is 667 g/mol. The molecule has 0 atom stereocenters. The lowest BCUT2D eigenvalue weighted by molar-refractivity contribution is 0.477. The Hall–Kier alpha value is -7.11. The largest absolute Gasteiger partial charge is 0.507 e. The number of benzene rings is 8. The van der Waals surface area contributed by atoms with Crippen LogP contribution in [0, 0.1) is 0 Å². The van der Waals surface area contributed by atoms with E-state index in [1.165, 1.54) is 0 Å². The Morgan fingerprint density at radius 1 is 0.385 bits per heavy atom. The highest BCUT2D eigenvalue weighted by Crippen LogP contribution is 2.45. The zero-order valence-corrected chi connectivity index (χ0v) is 27.9. The van der Waals surface area contributed by atoms with Crippen molar-refractivity contribution in [3.63, 3.8) is 0 Å². The number of phenolic OH excluding ortho intramolecular Hbond substituents is 1. The molecule has 0 aliphatic carbocycles. The SMILES string of the molecule is Oc1cccc(-c2nc(-c3ccc4ccccc4c3)nc(-c3ccc4ccccc4c3)n2)c1-c1ccccc1-c1cccc2c1oc1ccccc12. The molecule has 0 unspecified atom stereocenters. The minimum absolute atomic E-state index is 0.127. The number of para-hydroxylation sites is 2. The zero-order valence-electron chi connectivity index (χ0n) is 27.9. The van der Waals surface area contributed by atoms with Crippen LogP contribution in [-0.4, -0.2) is 20.1 Å². The maximum Gasteiger partial charge on any atom is 0.164 e. The van der Waals surface area contributed by atoms with Gasteiger partial charge in [0.25, 0.3) is 0 Å². The first kappa shape index (κ1) is 29.8. The molecule has 2 heterocycles. The molecule has 10 rings (SSSR count). The minimum atomic E-state index is 0.127. The Morgan fingerprint density at radius 3 is 1.62 bits per heavy atom. The molecule has 244 valence electrons. The number of furan rings is 1. The van der Waals surface area contributed by atoms with Crippen LogP contribution in [0.15, 0.2) is 174 Å². The summed E-state index contributed by atoms with van der Waals surface area (Å²) in [6.45, 7) is 0. The van der Waals surface area contributed by atoms with Crippen molar-refractivity contribution in [2.45, 2.75) is 0 Å². The molecule has 0 spiro atoms. The van der Waals surface area contributed by atoms with Crippen LogP contribution in [0.2, 0.25) is 0 Å². The molecule has 10 aromatic rings. The number of hydrogen-bond acceptors (Lipinski definition) is 5. The first-order chi connectivity index (χ1) is 25.7. The lowest BCUT2D eigenvalue weighted by atomic mass is 9.90. The van der Waals surface area contributed by atoms with Gasteiger partial charge in [0.1, 0.15) is 16.9 Å². The molecule has 0 saturated heterocycles. The third kappa shape index (κ3) is 4.98. The molecular formula is C47H29N3O2. The van der Waals surface area contributed by atoms with Crippen molar-refractivity contribution in [3.05, 3.63) is 170 Å². The highest BCUT2D eigenvalue weighted by atomic mass is 16.3. The van der Waals surface area contributed by atoms with E-state index < -0.39 is 0 Å². The lowest BCUT2D eigenvalue weighted by Gasteiger charge is -2.16. The second kappa shape index (κ2) is 12.0. The van der Waals surface area contributed by atoms with E-state index in [1.807, 2.05) is 72.8 Å². The van der Waals surface area contributed by atoms with Gasteiger partial charge in [0.15, 0.2) is 17.5 Å². The Kier molecular flexibility index (Phi) is 6.89. The molecule has 0 aliphatic rings. The lowest BCUT2D eigenvalue weighted by Crippen LogP contribution is -2.01. The minimum Gasteiger partial charge on any atom is -0.507 e. The number of hydrogen-bond donors (Lipinski definition) is 1. The normalized spacial score (nSPS) is 11.5. The van der Waals surface area contributed by atoms with Crippen LogP contribution >= 0.6 is 0 Å². The van der Waals surface area contributed by atoms with Crippen molar-refractivity contribution in [3.8, 4) is 62.2 Å². The van der Waals surface area contributed by atoms with Gasteiger partial charge in [0, 0.05) is 38.6 Å². The van der Waals surface area contributed by atoms with Gasteiger partial charge in [-0.25, -0.2) is 15.0 Å². The Labute approximate surface area is 299 Å². The van der Waals surface area contributed by atoms with Crippen molar-refractivity contribution in [1.82, 2.24) is 15.0 Å². The van der Waals surface area contributed by atoms with E-state index in [0.717, 1.165) is 71.3 Å². The molecule has 1 N–H and O–H groups in total. The van der Waals surface area contributed by atoms with E-state index in [0.29, 0.717) is 28.6 Å². The number of phenols is 1. The van der Waals surface area contributed by atoms with Crippen LogP contribution < -0.4 is 0 Å². The third-order valence-electron chi connectivity index (χ3n) is 9.82. The summed E-state index contributed by atoms with van der Waals surface area (Å²) in [6.07, 6.45) is 0. The van der Waals surface area contributed by atoms with E-state index >= 15 is 0 Å². The molecule has 0 radical (unpaired) electrons. The molecule has 0 bridgehead atoms. The van der Waals surface area contributed by atoms with Gasteiger partial charge in [-0.15, -0.1) is 0 Å². The summed E-state index contributed by atoms with van der Waals surface area (Å²) in [7, 11) is 0. The van der Waals surface area contributed by atoms with Crippen LogP contribution in [-0.2, 0) is 0 Å². The van der Waals surface area contributed by atoms with Gasteiger partial charge in [-0.3, -0.25) is 0 Å². The summed E-state index contributed by atoms with van der Waals surface area (Å²) in [5, 5.41) is 18.3. The maximum atomic E-state index is 11.7. The molecule has 5 heteroatoms. The van der Waals surface area contributed by atoms with Crippen LogP contribution in [0.3, 0.4) is 0 Å².